The zero-order chi connectivity index (χ0) is 15.5. The van der Waals surface area contributed by atoms with Crippen LogP contribution in [0.2, 0.25) is 0 Å². The van der Waals surface area contributed by atoms with Crippen LogP contribution in [0.4, 0.5) is 5.13 Å². The Balaban J connectivity index is 1.55. The third-order valence-electron chi connectivity index (χ3n) is 3.95. The van der Waals surface area contributed by atoms with Gasteiger partial charge in [-0.3, -0.25) is 4.79 Å². The minimum absolute atomic E-state index is 0.223. The first-order valence-corrected chi connectivity index (χ1v) is 8.50. The summed E-state index contributed by atoms with van der Waals surface area (Å²) in [7, 11) is 0. The van der Waals surface area contributed by atoms with E-state index in [-0.39, 0.29) is 5.91 Å². The summed E-state index contributed by atoms with van der Waals surface area (Å²) >= 11 is 1.68. The molecule has 1 aromatic heterocycles. The Morgan fingerprint density at radius 3 is 2.64 bits per heavy atom. The summed E-state index contributed by atoms with van der Waals surface area (Å²) in [5, 5.41) is 3.15. The van der Waals surface area contributed by atoms with Crippen LogP contribution in [0.25, 0.3) is 0 Å². The normalized spacial score (nSPS) is 15.2. The van der Waals surface area contributed by atoms with E-state index in [0.717, 1.165) is 42.6 Å². The van der Waals surface area contributed by atoms with Gasteiger partial charge in [-0.1, -0.05) is 29.8 Å². The number of amides is 1. The van der Waals surface area contributed by atoms with Gasteiger partial charge in [0.1, 0.15) is 0 Å². The quantitative estimate of drug-likeness (QED) is 0.874. The van der Waals surface area contributed by atoms with Crippen LogP contribution in [0.3, 0.4) is 0 Å². The van der Waals surface area contributed by atoms with Gasteiger partial charge < -0.3 is 9.80 Å². The number of aryl methyl sites for hydroxylation is 2. The van der Waals surface area contributed by atoms with Crippen molar-refractivity contribution in [1.82, 2.24) is 9.88 Å². The molecule has 0 N–H and O–H groups in total. The van der Waals surface area contributed by atoms with Gasteiger partial charge in [-0.15, -0.1) is 11.3 Å². The topological polar surface area (TPSA) is 36.4 Å². The number of nitrogens with zero attached hydrogens (tertiary/aromatic N) is 3. The van der Waals surface area contributed by atoms with Crippen molar-refractivity contribution >= 4 is 22.4 Å². The van der Waals surface area contributed by atoms with Crippen LogP contribution in [0.15, 0.2) is 29.6 Å². The molecule has 1 fully saturated rings. The van der Waals surface area contributed by atoms with Crippen LogP contribution in [-0.2, 0) is 11.2 Å². The maximum Gasteiger partial charge on any atom is 0.227 e. The highest BCUT2D eigenvalue weighted by molar-refractivity contribution is 7.13. The molecule has 1 amide bonds. The van der Waals surface area contributed by atoms with E-state index in [1.165, 1.54) is 5.56 Å². The summed E-state index contributed by atoms with van der Waals surface area (Å²) in [5.41, 5.74) is 3.37. The van der Waals surface area contributed by atoms with Crippen molar-refractivity contribution < 1.29 is 4.79 Å². The highest BCUT2D eigenvalue weighted by Crippen LogP contribution is 2.21. The Bertz CT molecular complexity index is 659. The lowest BCUT2D eigenvalue weighted by molar-refractivity contribution is -0.130. The van der Waals surface area contributed by atoms with E-state index in [9.17, 15) is 4.79 Å². The number of aromatic nitrogens is 1. The lowest BCUT2D eigenvalue weighted by atomic mass is 10.1. The van der Waals surface area contributed by atoms with Gasteiger partial charge in [0.15, 0.2) is 5.13 Å². The number of hydrogen-bond donors (Lipinski definition) is 0. The summed E-state index contributed by atoms with van der Waals surface area (Å²) in [6, 6.07) is 8.19. The molecule has 0 radical (unpaired) electrons. The third-order valence-corrected chi connectivity index (χ3v) is 4.97. The SMILES string of the molecule is Cc1cccc(CC(=O)N2CCN(c3nc(C)cs3)CC2)c1. The van der Waals surface area contributed by atoms with E-state index in [0.29, 0.717) is 6.42 Å². The predicted octanol–water partition coefficient (Wildman–Crippen LogP) is 2.65. The largest absolute Gasteiger partial charge is 0.345 e. The van der Waals surface area contributed by atoms with E-state index in [2.05, 4.69) is 34.3 Å². The molecule has 1 aliphatic rings. The summed E-state index contributed by atoms with van der Waals surface area (Å²) < 4.78 is 0. The minimum Gasteiger partial charge on any atom is -0.345 e. The van der Waals surface area contributed by atoms with Crippen LogP contribution < -0.4 is 4.90 Å². The first kappa shape index (κ1) is 15.0. The molecule has 4 nitrogen and oxygen atoms in total. The summed E-state index contributed by atoms with van der Waals surface area (Å²) in [6.45, 7) is 7.37. The Hall–Kier alpha value is -1.88. The van der Waals surface area contributed by atoms with Gasteiger partial charge >= 0.3 is 0 Å². The Kier molecular flexibility index (Phi) is 4.43. The van der Waals surface area contributed by atoms with E-state index in [4.69, 9.17) is 0 Å². The molecular formula is C17H21N3OS. The van der Waals surface area contributed by atoms with E-state index in [1.807, 2.05) is 24.0 Å². The van der Waals surface area contributed by atoms with E-state index >= 15 is 0 Å². The number of carbonyl (C=O) groups is 1. The fourth-order valence-corrected chi connectivity index (χ4v) is 3.60. The molecule has 3 rings (SSSR count). The van der Waals surface area contributed by atoms with Gasteiger partial charge in [0, 0.05) is 31.6 Å². The Labute approximate surface area is 135 Å². The average molecular weight is 315 g/mol. The third kappa shape index (κ3) is 3.47. The lowest BCUT2D eigenvalue weighted by Gasteiger charge is -2.34. The summed E-state index contributed by atoms with van der Waals surface area (Å²) in [6.07, 6.45) is 0.498. The van der Waals surface area contributed by atoms with Gasteiger partial charge in [0.25, 0.3) is 0 Å². The highest BCUT2D eigenvalue weighted by Gasteiger charge is 2.22. The molecule has 0 atom stereocenters. The first-order valence-electron chi connectivity index (χ1n) is 7.62. The molecule has 2 heterocycles. The maximum atomic E-state index is 12.4. The number of thiazole rings is 1. The summed E-state index contributed by atoms with van der Waals surface area (Å²) in [5.74, 6) is 0.223. The second kappa shape index (κ2) is 6.48. The summed E-state index contributed by atoms with van der Waals surface area (Å²) in [4.78, 5) is 21.2. The zero-order valence-electron chi connectivity index (χ0n) is 13.1. The number of benzene rings is 1. The van der Waals surface area contributed by atoms with E-state index in [1.54, 1.807) is 11.3 Å². The van der Waals surface area contributed by atoms with Gasteiger partial charge in [0.05, 0.1) is 12.1 Å². The second-order valence-corrected chi connectivity index (χ2v) is 6.64. The molecule has 22 heavy (non-hydrogen) atoms. The number of hydrogen-bond acceptors (Lipinski definition) is 4. The van der Waals surface area contributed by atoms with Crippen molar-refractivity contribution in [2.75, 3.05) is 31.1 Å². The van der Waals surface area contributed by atoms with Crippen molar-refractivity contribution in [1.29, 1.82) is 0 Å². The number of carbonyl (C=O) groups excluding carboxylic acids is 1. The van der Waals surface area contributed by atoms with Crippen molar-refractivity contribution in [2.45, 2.75) is 20.3 Å². The molecule has 0 saturated carbocycles. The molecule has 5 heteroatoms. The van der Waals surface area contributed by atoms with Gasteiger partial charge in [-0.05, 0) is 19.4 Å². The van der Waals surface area contributed by atoms with Crippen molar-refractivity contribution in [2.24, 2.45) is 0 Å². The van der Waals surface area contributed by atoms with E-state index < -0.39 is 0 Å². The molecule has 0 unspecified atom stereocenters. The zero-order valence-corrected chi connectivity index (χ0v) is 13.9. The Morgan fingerprint density at radius 1 is 1.23 bits per heavy atom. The fourth-order valence-electron chi connectivity index (χ4n) is 2.74. The molecular weight excluding hydrogens is 294 g/mol. The van der Waals surface area contributed by atoms with Crippen LogP contribution in [-0.4, -0.2) is 42.0 Å². The van der Waals surface area contributed by atoms with Crippen LogP contribution in [0.5, 0.6) is 0 Å². The smallest absolute Gasteiger partial charge is 0.227 e. The molecule has 116 valence electrons. The molecule has 0 spiro atoms. The molecule has 0 bridgehead atoms. The predicted molar refractivity (Wildman–Crippen MR) is 90.5 cm³/mol. The van der Waals surface area contributed by atoms with Gasteiger partial charge in [-0.25, -0.2) is 4.98 Å². The first-order chi connectivity index (χ1) is 10.6. The monoisotopic (exact) mass is 315 g/mol. The molecule has 2 aromatic rings. The van der Waals surface area contributed by atoms with Crippen molar-refractivity contribution in [3.8, 4) is 0 Å². The number of rotatable bonds is 3. The van der Waals surface area contributed by atoms with Gasteiger partial charge in [0.2, 0.25) is 5.91 Å². The molecule has 1 aromatic carbocycles. The van der Waals surface area contributed by atoms with Crippen LogP contribution >= 0.6 is 11.3 Å². The average Bonchev–Trinajstić information content (AvgIpc) is 2.94. The van der Waals surface area contributed by atoms with Gasteiger partial charge in [-0.2, -0.15) is 0 Å². The van der Waals surface area contributed by atoms with Crippen molar-refractivity contribution in [3.63, 3.8) is 0 Å². The molecule has 1 aliphatic heterocycles. The number of anilines is 1. The molecule has 1 saturated heterocycles. The highest BCUT2D eigenvalue weighted by atomic mass is 32.1. The second-order valence-electron chi connectivity index (χ2n) is 5.81. The lowest BCUT2D eigenvalue weighted by Crippen LogP contribution is -2.49. The van der Waals surface area contributed by atoms with Crippen LogP contribution in [0, 0.1) is 13.8 Å². The minimum atomic E-state index is 0.223. The Morgan fingerprint density at radius 2 is 2.00 bits per heavy atom. The maximum absolute atomic E-state index is 12.4. The molecule has 0 aliphatic carbocycles. The number of piperazine rings is 1. The van der Waals surface area contributed by atoms with Crippen LogP contribution in [0.1, 0.15) is 16.8 Å². The fraction of sp³-hybridized carbons (Fsp3) is 0.412. The van der Waals surface area contributed by atoms with Crippen molar-refractivity contribution in [3.05, 3.63) is 46.5 Å². The standard InChI is InChI=1S/C17H21N3OS/c1-13-4-3-5-15(10-13)11-16(21)19-6-8-20(9-7-19)17-18-14(2)12-22-17/h3-5,10,12H,6-9,11H2,1-2H3.